The number of aryl methyl sites for hydroxylation is 1. The topological polar surface area (TPSA) is 59.5 Å². The van der Waals surface area contributed by atoms with Crippen LogP contribution in [-0.4, -0.2) is 23.5 Å². The van der Waals surface area contributed by atoms with E-state index in [2.05, 4.69) is 11.9 Å². The number of halogens is 2. The predicted octanol–water partition coefficient (Wildman–Crippen LogP) is 5.40. The minimum atomic E-state index is -0.939. The summed E-state index contributed by atoms with van der Waals surface area (Å²) >= 11 is 1.01. The lowest BCUT2D eigenvalue weighted by Crippen LogP contribution is -2.30. The number of carbonyl (C=O) groups excluding carboxylic acids is 2. The number of anilines is 1. The molecule has 0 saturated heterocycles. The monoisotopic (exact) mass is 446 g/mol. The Bertz CT molecular complexity index is 1070. The molecule has 0 fully saturated rings. The Morgan fingerprint density at radius 2 is 1.81 bits per heavy atom. The zero-order valence-electron chi connectivity index (χ0n) is 17.5. The molecule has 5 nitrogen and oxygen atoms in total. The summed E-state index contributed by atoms with van der Waals surface area (Å²) in [6, 6.07) is 10.1. The van der Waals surface area contributed by atoms with Crippen LogP contribution in [0.5, 0.6) is 0 Å². The Hall–Kier alpha value is -2.87. The number of fused-ring (bicyclic) bond motifs is 1. The van der Waals surface area contributed by atoms with Crippen LogP contribution in [0.4, 0.5) is 14.5 Å². The van der Waals surface area contributed by atoms with Gasteiger partial charge in [0.05, 0.1) is 29.8 Å². The van der Waals surface area contributed by atoms with Crippen molar-refractivity contribution in [2.24, 2.45) is 0 Å². The quantitative estimate of drug-likeness (QED) is 0.413. The Balaban J connectivity index is 1.86. The summed E-state index contributed by atoms with van der Waals surface area (Å²) in [6.45, 7) is 4.14. The van der Waals surface area contributed by atoms with Crippen LogP contribution in [0.1, 0.15) is 43.7 Å². The standard InChI is InChI=1S/C23H24F2N2O3S/c1-3-5-15-6-8-16(9-7-15)27(20(28)12-13-21(29)30-4-2)14-19-26-18-11-10-17(24)22(25)23(18)31-19/h6-11H,3-5,12-14H2,1-2H3. The van der Waals surface area contributed by atoms with Crippen molar-refractivity contribution in [3.8, 4) is 0 Å². The van der Waals surface area contributed by atoms with Crippen molar-refractivity contribution in [2.75, 3.05) is 11.5 Å². The number of nitrogens with zero attached hydrogens (tertiary/aromatic N) is 2. The second-order valence-corrected chi connectivity index (χ2v) is 8.10. The van der Waals surface area contributed by atoms with Crippen molar-refractivity contribution in [1.29, 1.82) is 0 Å². The van der Waals surface area contributed by atoms with E-state index in [0.717, 1.165) is 35.8 Å². The van der Waals surface area contributed by atoms with E-state index in [9.17, 15) is 18.4 Å². The largest absolute Gasteiger partial charge is 0.466 e. The summed E-state index contributed by atoms with van der Waals surface area (Å²) in [7, 11) is 0. The third kappa shape index (κ3) is 5.64. The molecule has 0 aliphatic heterocycles. The van der Waals surface area contributed by atoms with Gasteiger partial charge in [-0.25, -0.2) is 13.8 Å². The molecule has 1 aromatic heterocycles. The SMILES string of the molecule is CCCc1ccc(N(Cc2nc3ccc(F)c(F)c3s2)C(=O)CCC(=O)OCC)cc1. The van der Waals surface area contributed by atoms with Gasteiger partial charge in [-0.3, -0.25) is 9.59 Å². The van der Waals surface area contributed by atoms with E-state index in [4.69, 9.17) is 4.74 Å². The summed E-state index contributed by atoms with van der Waals surface area (Å²) in [4.78, 5) is 30.5. The molecule has 0 aliphatic rings. The molecule has 164 valence electrons. The molecule has 3 aromatic rings. The number of hydrogen-bond donors (Lipinski definition) is 0. The van der Waals surface area contributed by atoms with Crippen molar-refractivity contribution < 1.29 is 23.1 Å². The lowest BCUT2D eigenvalue weighted by Gasteiger charge is -2.22. The van der Waals surface area contributed by atoms with Crippen LogP contribution >= 0.6 is 11.3 Å². The van der Waals surface area contributed by atoms with Crippen molar-refractivity contribution in [2.45, 2.75) is 46.1 Å². The normalized spacial score (nSPS) is 11.0. The van der Waals surface area contributed by atoms with Crippen molar-refractivity contribution >= 4 is 39.1 Å². The molecule has 0 bridgehead atoms. The zero-order chi connectivity index (χ0) is 22.4. The van der Waals surface area contributed by atoms with E-state index in [-0.39, 0.29) is 36.6 Å². The Morgan fingerprint density at radius 3 is 2.48 bits per heavy atom. The molecule has 2 aromatic carbocycles. The van der Waals surface area contributed by atoms with Gasteiger partial charge < -0.3 is 9.64 Å². The number of aromatic nitrogens is 1. The summed E-state index contributed by atoms with van der Waals surface area (Å²) in [5.74, 6) is -2.59. The zero-order valence-corrected chi connectivity index (χ0v) is 18.3. The fourth-order valence-corrected chi connectivity index (χ4v) is 4.20. The Kier molecular flexibility index (Phi) is 7.68. The average molecular weight is 447 g/mol. The van der Waals surface area contributed by atoms with Crippen molar-refractivity contribution in [3.63, 3.8) is 0 Å². The first-order chi connectivity index (χ1) is 14.9. The number of hydrogen-bond acceptors (Lipinski definition) is 5. The van der Waals surface area contributed by atoms with E-state index in [1.165, 1.54) is 11.0 Å². The number of benzene rings is 2. The lowest BCUT2D eigenvalue weighted by atomic mass is 10.1. The van der Waals surface area contributed by atoms with Crippen LogP contribution in [-0.2, 0) is 27.3 Å². The number of amides is 1. The first-order valence-electron chi connectivity index (χ1n) is 10.2. The molecule has 0 spiro atoms. The van der Waals surface area contributed by atoms with E-state index in [1.807, 2.05) is 24.3 Å². The first-order valence-corrected chi connectivity index (χ1v) is 11.0. The van der Waals surface area contributed by atoms with Gasteiger partial charge in [-0.05, 0) is 43.2 Å². The van der Waals surface area contributed by atoms with Gasteiger partial charge in [0.1, 0.15) is 5.01 Å². The molecule has 0 N–H and O–H groups in total. The molecule has 0 atom stereocenters. The van der Waals surface area contributed by atoms with Crippen LogP contribution in [0.25, 0.3) is 10.2 Å². The van der Waals surface area contributed by atoms with Gasteiger partial charge in [0, 0.05) is 12.1 Å². The second-order valence-electron chi connectivity index (χ2n) is 7.02. The molecule has 0 radical (unpaired) electrons. The van der Waals surface area contributed by atoms with Gasteiger partial charge >= 0.3 is 5.97 Å². The highest BCUT2D eigenvalue weighted by atomic mass is 32.1. The molecule has 0 unspecified atom stereocenters. The van der Waals surface area contributed by atoms with Gasteiger partial charge in [-0.15, -0.1) is 11.3 Å². The van der Waals surface area contributed by atoms with Gasteiger partial charge in [-0.2, -0.15) is 0 Å². The van der Waals surface area contributed by atoms with Crippen molar-refractivity contribution in [3.05, 3.63) is 58.6 Å². The fraction of sp³-hybridized carbons (Fsp3) is 0.348. The van der Waals surface area contributed by atoms with Gasteiger partial charge in [0.15, 0.2) is 11.6 Å². The minimum Gasteiger partial charge on any atom is -0.466 e. The van der Waals surface area contributed by atoms with Gasteiger partial charge in [-0.1, -0.05) is 25.5 Å². The van der Waals surface area contributed by atoms with E-state index in [1.54, 1.807) is 6.92 Å². The van der Waals surface area contributed by atoms with Crippen molar-refractivity contribution in [1.82, 2.24) is 4.98 Å². The lowest BCUT2D eigenvalue weighted by molar-refractivity contribution is -0.144. The fourth-order valence-electron chi connectivity index (χ4n) is 3.22. The Morgan fingerprint density at radius 1 is 1.06 bits per heavy atom. The number of ether oxygens (including phenoxy) is 1. The number of esters is 1. The smallest absolute Gasteiger partial charge is 0.306 e. The van der Waals surface area contributed by atoms with Crippen LogP contribution in [0.15, 0.2) is 36.4 Å². The molecule has 0 aliphatic carbocycles. The first kappa shape index (κ1) is 22.8. The molecule has 3 rings (SSSR count). The highest BCUT2D eigenvalue weighted by Gasteiger charge is 2.21. The van der Waals surface area contributed by atoms with Crippen LogP contribution < -0.4 is 4.90 Å². The molecule has 1 amide bonds. The molecule has 0 saturated carbocycles. The maximum atomic E-state index is 14.1. The van der Waals surface area contributed by atoms with Crippen LogP contribution in [0, 0.1) is 11.6 Å². The van der Waals surface area contributed by atoms with E-state index < -0.39 is 17.6 Å². The Labute approximate surface area is 183 Å². The van der Waals surface area contributed by atoms with E-state index in [0.29, 0.717) is 16.2 Å². The van der Waals surface area contributed by atoms with Crippen LogP contribution in [0.3, 0.4) is 0 Å². The number of thiazole rings is 1. The summed E-state index contributed by atoms with van der Waals surface area (Å²) < 4.78 is 32.7. The maximum absolute atomic E-state index is 14.1. The minimum absolute atomic E-state index is 0.0244. The second kappa shape index (κ2) is 10.4. The third-order valence-corrected chi connectivity index (χ3v) is 5.77. The highest BCUT2D eigenvalue weighted by Crippen LogP contribution is 2.29. The summed E-state index contributed by atoms with van der Waals surface area (Å²) in [5, 5.41) is 0.474. The van der Waals surface area contributed by atoms with Gasteiger partial charge in [0.25, 0.3) is 0 Å². The molecule has 1 heterocycles. The van der Waals surface area contributed by atoms with E-state index >= 15 is 0 Å². The third-order valence-electron chi connectivity index (χ3n) is 4.72. The molecular weight excluding hydrogens is 422 g/mol. The maximum Gasteiger partial charge on any atom is 0.306 e. The van der Waals surface area contributed by atoms with Crippen LogP contribution in [0.2, 0.25) is 0 Å². The molecule has 31 heavy (non-hydrogen) atoms. The average Bonchev–Trinajstić information content (AvgIpc) is 3.18. The highest BCUT2D eigenvalue weighted by molar-refractivity contribution is 7.18. The summed E-state index contributed by atoms with van der Waals surface area (Å²) in [6.07, 6.45) is 1.88. The number of rotatable bonds is 9. The molecule has 8 heteroatoms. The number of carbonyl (C=O) groups is 2. The van der Waals surface area contributed by atoms with Gasteiger partial charge in [0.2, 0.25) is 5.91 Å². The predicted molar refractivity (Wildman–Crippen MR) is 117 cm³/mol. The molecular formula is C23H24F2N2O3S. The summed E-state index contributed by atoms with van der Waals surface area (Å²) in [5.41, 5.74) is 2.15.